The van der Waals surface area contributed by atoms with Crippen molar-refractivity contribution in [3.63, 3.8) is 0 Å². The fourth-order valence-corrected chi connectivity index (χ4v) is 2.05. The number of nitrogens with zero attached hydrogens (tertiary/aromatic N) is 2. The van der Waals surface area contributed by atoms with Gasteiger partial charge in [0.15, 0.2) is 0 Å². The standard InChI is InChI=1S/C14H23N3O2/c1-5-16-13-9-15-8-7-12(13)14(18)17(6-2)11(3)10-19-4/h7-9,11,16H,5-6,10H2,1-4H3. The molecule has 0 radical (unpaired) electrons. The van der Waals surface area contributed by atoms with Crippen molar-refractivity contribution in [2.24, 2.45) is 0 Å². The fraction of sp³-hybridized carbons (Fsp3) is 0.571. The number of hydrogen-bond donors (Lipinski definition) is 1. The van der Waals surface area contributed by atoms with Crippen LogP contribution in [0.5, 0.6) is 0 Å². The van der Waals surface area contributed by atoms with Gasteiger partial charge in [0.25, 0.3) is 5.91 Å². The minimum Gasteiger partial charge on any atom is -0.383 e. The Morgan fingerprint density at radius 1 is 1.53 bits per heavy atom. The Balaban J connectivity index is 2.97. The van der Waals surface area contributed by atoms with Gasteiger partial charge < -0.3 is 15.0 Å². The maximum Gasteiger partial charge on any atom is 0.256 e. The third-order valence-corrected chi connectivity index (χ3v) is 2.96. The molecule has 0 bridgehead atoms. The molecule has 0 aliphatic heterocycles. The van der Waals surface area contributed by atoms with Crippen molar-refractivity contribution in [3.8, 4) is 0 Å². The summed E-state index contributed by atoms with van der Waals surface area (Å²) in [6.07, 6.45) is 3.33. The van der Waals surface area contributed by atoms with Crippen LogP contribution in [-0.4, -0.2) is 48.6 Å². The number of anilines is 1. The third kappa shape index (κ3) is 3.92. The molecular formula is C14H23N3O2. The molecule has 0 aliphatic carbocycles. The summed E-state index contributed by atoms with van der Waals surface area (Å²) in [4.78, 5) is 18.5. The minimum absolute atomic E-state index is 0.00500. The molecular weight excluding hydrogens is 242 g/mol. The van der Waals surface area contributed by atoms with Crippen LogP contribution in [-0.2, 0) is 4.74 Å². The van der Waals surface area contributed by atoms with E-state index in [-0.39, 0.29) is 11.9 Å². The van der Waals surface area contributed by atoms with Gasteiger partial charge in [0.05, 0.1) is 30.1 Å². The molecule has 0 saturated heterocycles. The molecule has 1 N–H and O–H groups in total. The summed E-state index contributed by atoms with van der Waals surface area (Å²) in [5.41, 5.74) is 1.43. The van der Waals surface area contributed by atoms with Gasteiger partial charge in [0.1, 0.15) is 0 Å². The van der Waals surface area contributed by atoms with Crippen LogP contribution in [0.25, 0.3) is 0 Å². The minimum atomic E-state index is 0.00500. The van der Waals surface area contributed by atoms with Crippen molar-refractivity contribution in [1.82, 2.24) is 9.88 Å². The number of likely N-dealkylation sites (N-methyl/N-ethyl adjacent to an activating group) is 1. The Bertz CT molecular complexity index is 409. The van der Waals surface area contributed by atoms with Crippen LogP contribution in [0.2, 0.25) is 0 Å². The predicted octanol–water partition coefficient (Wildman–Crippen LogP) is 2.01. The van der Waals surface area contributed by atoms with Crippen LogP contribution in [0.4, 0.5) is 5.69 Å². The Kier molecular flexibility index (Phi) is 6.29. The monoisotopic (exact) mass is 265 g/mol. The van der Waals surface area contributed by atoms with Crippen molar-refractivity contribution in [2.75, 3.05) is 32.1 Å². The highest BCUT2D eigenvalue weighted by Gasteiger charge is 2.22. The molecule has 1 atom stereocenters. The summed E-state index contributed by atoms with van der Waals surface area (Å²) < 4.78 is 5.13. The molecule has 1 aromatic heterocycles. The molecule has 19 heavy (non-hydrogen) atoms. The van der Waals surface area contributed by atoms with Crippen LogP contribution in [0.3, 0.4) is 0 Å². The first kappa shape index (κ1) is 15.4. The Morgan fingerprint density at radius 3 is 2.84 bits per heavy atom. The Hall–Kier alpha value is -1.62. The maximum atomic E-state index is 12.6. The number of methoxy groups -OCH3 is 1. The number of pyridine rings is 1. The van der Waals surface area contributed by atoms with E-state index in [2.05, 4.69) is 10.3 Å². The molecule has 5 nitrogen and oxygen atoms in total. The van der Waals surface area contributed by atoms with Crippen LogP contribution in [0, 0.1) is 0 Å². The lowest BCUT2D eigenvalue weighted by molar-refractivity contribution is 0.0580. The first-order valence-corrected chi connectivity index (χ1v) is 6.63. The zero-order valence-electron chi connectivity index (χ0n) is 12.1. The molecule has 1 aromatic rings. The first-order chi connectivity index (χ1) is 9.15. The number of carbonyl (C=O) groups excluding carboxylic acids is 1. The normalized spacial score (nSPS) is 12.0. The Labute approximate surface area is 115 Å². The van der Waals surface area contributed by atoms with Gasteiger partial charge >= 0.3 is 0 Å². The van der Waals surface area contributed by atoms with E-state index in [0.717, 1.165) is 12.2 Å². The second-order valence-electron chi connectivity index (χ2n) is 4.35. The number of ether oxygens (including phenoxy) is 1. The van der Waals surface area contributed by atoms with Crippen LogP contribution < -0.4 is 5.32 Å². The molecule has 5 heteroatoms. The molecule has 1 heterocycles. The topological polar surface area (TPSA) is 54.5 Å². The number of aromatic nitrogens is 1. The molecule has 1 rings (SSSR count). The Morgan fingerprint density at radius 2 is 2.26 bits per heavy atom. The summed E-state index contributed by atoms with van der Waals surface area (Å²) in [5, 5.41) is 3.17. The van der Waals surface area contributed by atoms with E-state index < -0.39 is 0 Å². The highest BCUT2D eigenvalue weighted by molar-refractivity contribution is 5.99. The second-order valence-corrected chi connectivity index (χ2v) is 4.35. The van der Waals surface area contributed by atoms with Crippen LogP contribution >= 0.6 is 0 Å². The smallest absolute Gasteiger partial charge is 0.256 e. The maximum absolute atomic E-state index is 12.6. The van der Waals surface area contributed by atoms with Gasteiger partial charge in [0, 0.05) is 26.4 Å². The van der Waals surface area contributed by atoms with Gasteiger partial charge in [-0.3, -0.25) is 9.78 Å². The average molecular weight is 265 g/mol. The van der Waals surface area contributed by atoms with Gasteiger partial charge in [-0.25, -0.2) is 0 Å². The summed E-state index contributed by atoms with van der Waals surface area (Å²) in [5.74, 6) is 0.00500. The van der Waals surface area contributed by atoms with Gasteiger partial charge in [-0.05, 0) is 26.8 Å². The number of amides is 1. The molecule has 0 aliphatic rings. The summed E-state index contributed by atoms with van der Waals surface area (Å²) in [6.45, 7) is 7.88. The molecule has 0 fully saturated rings. The zero-order valence-corrected chi connectivity index (χ0v) is 12.1. The second kappa shape index (κ2) is 7.74. The van der Waals surface area contributed by atoms with E-state index in [4.69, 9.17) is 4.74 Å². The van der Waals surface area contributed by atoms with Crippen LogP contribution in [0.15, 0.2) is 18.5 Å². The number of nitrogens with one attached hydrogen (secondary N) is 1. The molecule has 0 spiro atoms. The van der Waals surface area contributed by atoms with Crippen molar-refractivity contribution in [3.05, 3.63) is 24.0 Å². The van der Waals surface area contributed by atoms with E-state index in [9.17, 15) is 4.79 Å². The number of carbonyl (C=O) groups is 1. The van der Waals surface area contributed by atoms with Gasteiger partial charge in [-0.1, -0.05) is 0 Å². The fourth-order valence-electron chi connectivity index (χ4n) is 2.05. The van der Waals surface area contributed by atoms with Gasteiger partial charge in [0.2, 0.25) is 0 Å². The molecule has 0 saturated carbocycles. The number of rotatable bonds is 7. The number of hydrogen-bond acceptors (Lipinski definition) is 4. The van der Waals surface area contributed by atoms with Gasteiger partial charge in [-0.2, -0.15) is 0 Å². The lowest BCUT2D eigenvalue weighted by atomic mass is 10.1. The van der Waals surface area contributed by atoms with Crippen molar-refractivity contribution in [1.29, 1.82) is 0 Å². The third-order valence-electron chi connectivity index (χ3n) is 2.96. The molecule has 1 unspecified atom stereocenters. The highest BCUT2D eigenvalue weighted by Crippen LogP contribution is 2.17. The average Bonchev–Trinajstić information content (AvgIpc) is 2.40. The highest BCUT2D eigenvalue weighted by atomic mass is 16.5. The quantitative estimate of drug-likeness (QED) is 0.819. The summed E-state index contributed by atoms with van der Waals surface area (Å²) in [7, 11) is 1.64. The van der Waals surface area contributed by atoms with E-state index in [0.29, 0.717) is 18.7 Å². The molecule has 1 amide bonds. The lowest BCUT2D eigenvalue weighted by Gasteiger charge is -2.28. The lowest BCUT2D eigenvalue weighted by Crippen LogP contribution is -2.41. The van der Waals surface area contributed by atoms with E-state index >= 15 is 0 Å². The SMILES string of the molecule is CCNc1cnccc1C(=O)N(CC)C(C)COC. The summed E-state index contributed by atoms with van der Waals surface area (Å²) >= 11 is 0. The van der Waals surface area contributed by atoms with Crippen molar-refractivity contribution in [2.45, 2.75) is 26.8 Å². The summed E-state index contributed by atoms with van der Waals surface area (Å²) in [6, 6.07) is 1.80. The predicted molar refractivity (Wildman–Crippen MR) is 76.4 cm³/mol. The van der Waals surface area contributed by atoms with Crippen molar-refractivity contribution >= 4 is 11.6 Å². The largest absolute Gasteiger partial charge is 0.383 e. The first-order valence-electron chi connectivity index (χ1n) is 6.63. The zero-order chi connectivity index (χ0) is 14.3. The van der Waals surface area contributed by atoms with Crippen molar-refractivity contribution < 1.29 is 9.53 Å². The van der Waals surface area contributed by atoms with E-state index in [1.54, 1.807) is 30.5 Å². The van der Waals surface area contributed by atoms with Crippen LogP contribution in [0.1, 0.15) is 31.1 Å². The van der Waals surface area contributed by atoms with Gasteiger partial charge in [-0.15, -0.1) is 0 Å². The van der Waals surface area contributed by atoms with E-state index in [1.807, 2.05) is 20.8 Å². The van der Waals surface area contributed by atoms with E-state index in [1.165, 1.54) is 0 Å². The molecule has 106 valence electrons. The molecule has 0 aromatic carbocycles.